The molecule has 4 aliphatic rings. The maximum absolute atomic E-state index is 10.8. The number of benzene rings is 1. The number of pyridine rings is 1. The fraction of sp³-hybridized carbons (Fsp3) is 0.481. The van der Waals surface area contributed by atoms with Crippen LogP contribution in [0.4, 0.5) is 5.82 Å². The summed E-state index contributed by atoms with van der Waals surface area (Å²) < 4.78 is 10.7. The molecule has 9 nitrogen and oxygen atoms in total. The molecule has 3 fully saturated rings. The molecule has 0 radical (unpaired) electrons. The van der Waals surface area contributed by atoms with Crippen molar-refractivity contribution >= 4 is 5.82 Å². The van der Waals surface area contributed by atoms with Crippen LogP contribution in [0.5, 0.6) is 17.4 Å². The number of piperidine rings is 1. The number of phenolic OH excluding ortho intramolecular Hbond substituents is 1. The van der Waals surface area contributed by atoms with Gasteiger partial charge in [-0.3, -0.25) is 0 Å². The molecule has 36 heavy (non-hydrogen) atoms. The van der Waals surface area contributed by atoms with Crippen LogP contribution in [-0.4, -0.2) is 55.2 Å². The third-order valence-electron chi connectivity index (χ3n) is 8.15. The SMILES string of the molecule is C[C@]12CC[C@](C)(C[C@@H](N(c3cnc(-c4ccc(-c5cnc6c(c5)OCO6)cc4O)nn3)C3CC3)C1)N2. The van der Waals surface area contributed by atoms with Crippen molar-refractivity contribution in [3.63, 3.8) is 0 Å². The average Bonchev–Trinajstić information content (AvgIpc) is 3.52. The van der Waals surface area contributed by atoms with Gasteiger partial charge in [-0.25, -0.2) is 9.97 Å². The van der Waals surface area contributed by atoms with Gasteiger partial charge in [0.05, 0.1) is 11.8 Å². The topological polar surface area (TPSA) is 106 Å². The summed E-state index contributed by atoms with van der Waals surface area (Å²) >= 11 is 0. The van der Waals surface area contributed by atoms with Crippen molar-refractivity contribution in [2.24, 2.45) is 0 Å². The molecular weight excluding hydrogens is 456 g/mol. The Labute approximate surface area is 209 Å². The molecule has 186 valence electrons. The number of aromatic nitrogens is 4. The van der Waals surface area contributed by atoms with Crippen LogP contribution in [0.15, 0.2) is 36.7 Å². The minimum absolute atomic E-state index is 0.0922. The van der Waals surface area contributed by atoms with Gasteiger partial charge in [0.1, 0.15) is 5.75 Å². The van der Waals surface area contributed by atoms with Crippen molar-refractivity contribution in [3.05, 3.63) is 36.7 Å². The predicted octanol–water partition coefficient (Wildman–Crippen LogP) is 4.07. The molecule has 3 atom stereocenters. The molecule has 2 aromatic heterocycles. The van der Waals surface area contributed by atoms with Crippen LogP contribution in [-0.2, 0) is 0 Å². The molecule has 2 saturated heterocycles. The van der Waals surface area contributed by atoms with Crippen LogP contribution in [0.3, 0.4) is 0 Å². The van der Waals surface area contributed by atoms with Crippen LogP contribution >= 0.6 is 0 Å². The van der Waals surface area contributed by atoms with Gasteiger partial charge in [-0.1, -0.05) is 6.07 Å². The largest absolute Gasteiger partial charge is 0.507 e. The maximum Gasteiger partial charge on any atom is 0.260 e. The van der Waals surface area contributed by atoms with E-state index in [1.807, 2.05) is 24.4 Å². The first-order chi connectivity index (χ1) is 17.4. The van der Waals surface area contributed by atoms with Gasteiger partial charge in [0.2, 0.25) is 6.79 Å². The fourth-order valence-corrected chi connectivity index (χ4v) is 6.41. The van der Waals surface area contributed by atoms with Crippen LogP contribution < -0.4 is 19.7 Å². The van der Waals surface area contributed by atoms with Crippen molar-refractivity contribution in [1.29, 1.82) is 0 Å². The molecule has 3 aromatic rings. The molecule has 7 rings (SSSR count). The summed E-state index contributed by atoms with van der Waals surface area (Å²) in [6.45, 7) is 4.88. The molecule has 1 saturated carbocycles. The Bertz CT molecular complexity index is 1310. The first-order valence-corrected chi connectivity index (χ1v) is 12.7. The zero-order valence-corrected chi connectivity index (χ0v) is 20.6. The minimum atomic E-state index is 0.0922. The molecule has 3 aliphatic heterocycles. The van der Waals surface area contributed by atoms with E-state index in [0.717, 1.165) is 29.8 Å². The third kappa shape index (κ3) is 3.73. The number of phenols is 1. The Morgan fingerprint density at radius 2 is 1.75 bits per heavy atom. The summed E-state index contributed by atoms with van der Waals surface area (Å²) in [5.74, 6) is 2.42. The van der Waals surface area contributed by atoms with Crippen LogP contribution in [0.1, 0.15) is 52.4 Å². The van der Waals surface area contributed by atoms with Gasteiger partial charge < -0.3 is 24.8 Å². The van der Waals surface area contributed by atoms with Crippen LogP contribution in [0, 0.1) is 0 Å². The van der Waals surface area contributed by atoms with Crippen LogP contribution in [0.25, 0.3) is 22.5 Å². The molecule has 0 spiro atoms. The van der Waals surface area contributed by atoms with E-state index >= 15 is 0 Å². The van der Waals surface area contributed by atoms with E-state index in [1.165, 1.54) is 25.7 Å². The quantitative estimate of drug-likeness (QED) is 0.552. The zero-order valence-electron chi connectivity index (χ0n) is 20.6. The van der Waals surface area contributed by atoms with E-state index in [0.29, 0.717) is 35.1 Å². The number of ether oxygens (including phenoxy) is 2. The smallest absolute Gasteiger partial charge is 0.260 e. The molecule has 2 N–H and O–H groups in total. The Kier molecular flexibility index (Phi) is 4.70. The van der Waals surface area contributed by atoms with Gasteiger partial charge in [0, 0.05) is 34.9 Å². The summed E-state index contributed by atoms with van der Waals surface area (Å²) in [6, 6.07) is 8.22. The number of anilines is 1. The van der Waals surface area contributed by atoms with Gasteiger partial charge in [0.15, 0.2) is 17.4 Å². The lowest BCUT2D eigenvalue weighted by molar-refractivity contribution is 0.171. The second kappa shape index (κ2) is 7.77. The monoisotopic (exact) mass is 486 g/mol. The number of rotatable bonds is 5. The number of nitrogens with one attached hydrogen (secondary N) is 1. The predicted molar refractivity (Wildman–Crippen MR) is 134 cm³/mol. The number of hydrogen-bond acceptors (Lipinski definition) is 9. The van der Waals surface area contributed by atoms with E-state index in [4.69, 9.17) is 9.47 Å². The van der Waals surface area contributed by atoms with Gasteiger partial charge in [-0.05, 0) is 76.1 Å². The molecular formula is C27H30N6O3. The van der Waals surface area contributed by atoms with E-state index in [1.54, 1.807) is 12.3 Å². The minimum Gasteiger partial charge on any atom is -0.507 e. The van der Waals surface area contributed by atoms with Gasteiger partial charge >= 0.3 is 0 Å². The first-order valence-electron chi connectivity index (χ1n) is 12.7. The van der Waals surface area contributed by atoms with E-state index in [9.17, 15) is 5.11 Å². The van der Waals surface area contributed by atoms with Crippen molar-refractivity contribution < 1.29 is 14.6 Å². The number of nitrogens with zero attached hydrogens (tertiary/aromatic N) is 5. The normalized spacial score (nSPS) is 28.3. The summed E-state index contributed by atoms with van der Waals surface area (Å²) in [6.07, 6.45) is 10.6. The van der Waals surface area contributed by atoms with Gasteiger partial charge in [-0.15, -0.1) is 10.2 Å². The third-order valence-corrected chi connectivity index (χ3v) is 8.15. The van der Waals surface area contributed by atoms with Crippen molar-refractivity contribution in [2.45, 2.75) is 75.5 Å². The Balaban J connectivity index is 1.14. The van der Waals surface area contributed by atoms with Gasteiger partial charge in [0.25, 0.3) is 5.88 Å². The highest BCUT2D eigenvalue weighted by atomic mass is 16.7. The summed E-state index contributed by atoms with van der Waals surface area (Å²) in [5, 5.41) is 23.7. The summed E-state index contributed by atoms with van der Waals surface area (Å²) in [4.78, 5) is 11.4. The maximum atomic E-state index is 10.8. The lowest BCUT2D eigenvalue weighted by Crippen LogP contribution is -2.59. The molecule has 9 heteroatoms. The Morgan fingerprint density at radius 1 is 0.944 bits per heavy atom. The van der Waals surface area contributed by atoms with Crippen molar-refractivity contribution in [3.8, 4) is 39.9 Å². The standard InChI is InChI=1S/C27H30N6O3/c1-26-7-8-27(2,32-26)12-19(11-26)33(18-4-5-18)23-14-28-24(31-30-23)20-6-3-16(9-21(20)34)17-10-22-25(29-13-17)36-15-35-22/h3,6,9-10,13-14,18-19,32,34H,4-5,7-8,11-12,15H2,1-2H3/t19-,26-,27+. The van der Waals surface area contributed by atoms with E-state index in [-0.39, 0.29) is 23.6 Å². The average molecular weight is 487 g/mol. The first kappa shape index (κ1) is 21.8. The Morgan fingerprint density at radius 3 is 2.44 bits per heavy atom. The highest BCUT2D eigenvalue weighted by Crippen LogP contribution is 2.46. The van der Waals surface area contributed by atoms with Crippen molar-refractivity contribution in [2.75, 3.05) is 11.7 Å². The number of aromatic hydroxyl groups is 1. The Hall–Kier alpha value is -3.46. The summed E-state index contributed by atoms with van der Waals surface area (Å²) in [7, 11) is 0. The fourth-order valence-electron chi connectivity index (χ4n) is 6.41. The second-order valence-electron chi connectivity index (χ2n) is 11.3. The highest BCUT2D eigenvalue weighted by Gasteiger charge is 2.51. The molecule has 1 aliphatic carbocycles. The lowest BCUT2D eigenvalue weighted by Gasteiger charge is -2.46. The highest BCUT2D eigenvalue weighted by molar-refractivity contribution is 5.73. The number of hydrogen-bond donors (Lipinski definition) is 2. The van der Waals surface area contributed by atoms with E-state index in [2.05, 4.69) is 44.2 Å². The molecule has 1 aromatic carbocycles. The molecule has 5 heterocycles. The molecule has 0 unspecified atom stereocenters. The van der Waals surface area contributed by atoms with Crippen LogP contribution in [0.2, 0.25) is 0 Å². The molecule has 2 bridgehead atoms. The molecule has 0 amide bonds. The van der Waals surface area contributed by atoms with Gasteiger partial charge in [-0.2, -0.15) is 0 Å². The number of fused-ring (bicyclic) bond motifs is 3. The van der Waals surface area contributed by atoms with Crippen molar-refractivity contribution in [1.82, 2.24) is 25.5 Å². The van der Waals surface area contributed by atoms with E-state index < -0.39 is 0 Å². The second-order valence-corrected chi connectivity index (χ2v) is 11.3. The summed E-state index contributed by atoms with van der Waals surface area (Å²) in [5.41, 5.74) is 2.56. The zero-order chi connectivity index (χ0) is 24.5. The lowest BCUT2D eigenvalue weighted by atomic mass is 9.84.